The molecule has 132 valence electrons. The summed E-state index contributed by atoms with van der Waals surface area (Å²) in [4.78, 5) is 37.0. The number of hydrogen-bond donors (Lipinski definition) is 1. The lowest BCUT2D eigenvalue weighted by atomic mass is 10.2. The van der Waals surface area contributed by atoms with E-state index in [1.807, 2.05) is 0 Å². The molecule has 0 spiro atoms. The SMILES string of the molecule is CC(C)(C)OC(=O)CN1CCN[C@H](OC(=O)OC(C)(C)C)C1=O. The zero-order valence-electron chi connectivity index (χ0n) is 14.6. The van der Waals surface area contributed by atoms with Crippen molar-refractivity contribution < 1.29 is 28.6 Å². The van der Waals surface area contributed by atoms with Gasteiger partial charge >= 0.3 is 12.1 Å². The summed E-state index contributed by atoms with van der Waals surface area (Å²) >= 11 is 0. The number of carbonyl (C=O) groups is 3. The zero-order valence-corrected chi connectivity index (χ0v) is 14.6. The Labute approximate surface area is 136 Å². The molecule has 8 heteroatoms. The average molecular weight is 330 g/mol. The van der Waals surface area contributed by atoms with Gasteiger partial charge in [0.15, 0.2) is 0 Å². The highest BCUT2D eigenvalue weighted by Gasteiger charge is 2.34. The van der Waals surface area contributed by atoms with Gasteiger partial charge in [-0.1, -0.05) is 0 Å². The summed E-state index contributed by atoms with van der Waals surface area (Å²) in [5.41, 5.74) is -1.34. The molecular formula is C15H26N2O6. The number of esters is 1. The molecule has 1 atom stereocenters. The molecule has 0 aliphatic carbocycles. The number of carbonyl (C=O) groups excluding carboxylic acids is 3. The van der Waals surface area contributed by atoms with Gasteiger partial charge < -0.3 is 19.1 Å². The molecule has 1 saturated heterocycles. The molecular weight excluding hydrogens is 304 g/mol. The summed E-state index contributed by atoms with van der Waals surface area (Å²) in [7, 11) is 0. The third kappa shape index (κ3) is 7.32. The van der Waals surface area contributed by atoms with Crippen molar-refractivity contribution in [2.45, 2.75) is 59.0 Å². The number of piperazine rings is 1. The van der Waals surface area contributed by atoms with Crippen LogP contribution in [0.5, 0.6) is 0 Å². The molecule has 8 nitrogen and oxygen atoms in total. The van der Waals surface area contributed by atoms with Gasteiger partial charge in [0.25, 0.3) is 5.91 Å². The first-order valence-corrected chi connectivity index (χ1v) is 7.51. The van der Waals surface area contributed by atoms with Crippen molar-refractivity contribution in [2.24, 2.45) is 0 Å². The number of nitrogens with one attached hydrogen (secondary N) is 1. The minimum atomic E-state index is -1.17. The fourth-order valence-electron chi connectivity index (χ4n) is 1.84. The zero-order chi connectivity index (χ0) is 17.8. The molecule has 1 aliphatic rings. The van der Waals surface area contributed by atoms with Crippen LogP contribution in [0.2, 0.25) is 0 Å². The Bertz CT molecular complexity index is 424. The molecule has 1 rings (SSSR count). The second kappa shape index (κ2) is 7.16. The maximum Gasteiger partial charge on any atom is 0.510 e. The third-order valence-electron chi connectivity index (χ3n) is 2.59. The minimum absolute atomic E-state index is 0.189. The Morgan fingerprint density at radius 1 is 1.13 bits per heavy atom. The van der Waals surface area contributed by atoms with Crippen LogP contribution >= 0.6 is 0 Å². The van der Waals surface area contributed by atoms with Gasteiger partial charge in [0.05, 0.1) is 0 Å². The van der Waals surface area contributed by atoms with Crippen LogP contribution in [-0.4, -0.2) is 60.0 Å². The predicted octanol–water partition coefficient (Wildman–Crippen LogP) is 1.04. The number of amides is 1. The van der Waals surface area contributed by atoms with Crippen LogP contribution in [0.4, 0.5) is 4.79 Å². The Morgan fingerprint density at radius 3 is 2.22 bits per heavy atom. The fraction of sp³-hybridized carbons (Fsp3) is 0.800. The summed E-state index contributed by atoms with van der Waals surface area (Å²) in [6, 6.07) is 0. The van der Waals surface area contributed by atoms with Crippen molar-refractivity contribution in [1.29, 1.82) is 0 Å². The van der Waals surface area contributed by atoms with E-state index < -0.39 is 35.5 Å². The molecule has 0 saturated carbocycles. The van der Waals surface area contributed by atoms with Crippen LogP contribution in [0.1, 0.15) is 41.5 Å². The maximum atomic E-state index is 12.3. The fourth-order valence-corrected chi connectivity index (χ4v) is 1.84. The number of nitrogens with zero attached hydrogens (tertiary/aromatic N) is 1. The highest BCUT2D eigenvalue weighted by atomic mass is 16.7. The molecule has 23 heavy (non-hydrogen) atoms. The van der Waals surface area contributed by atoms with Crippen molar-refractivity contribution in [1.82, 2.24) is 10.2 Å². The van der Waals surface area contributed by atoms with Crippen LogP contribution in [-0.2, 0) is 23.8 Å². The first kappa shape index (κ1) is 19.2. The number of ether oxygens (including phenoxy) is 3. The molecule has 0 aromatic carbocycles. The smallest absolute Gasteiger partial charge is 0.459 e. The summed E-state index contributed by atoms with van der Waals surface area (Å²) in [5.74, 6) is -1.02. The minimum Gasteiger partial charge on any atom is -0.459 e. The summed E-state index contributed by atoms with van der Waals surface area (Å²) in [5, 5.41) is 2.77. The molecule has 1 amide bonds. The molecule has 1 aliphatic heterocycles. The van der Waals surface area contributed by atoms with Gasteiger partial charge in [-0.15, -0.1) is 0 Å². The number of rotatable bonds is 3. The molecule has 0 aromatic rings. The van der Waals surface area contributed by atoms with Crippen molar-refractivity contribution >= 4 is 18.0 Å². The van der Waals surface area contributed by atoms with Gasteiger partial charge in [-0.25, -0.2) is 4.79 Å². The van der Waals surface area contributed by atoms with Gasteiger partial charge in [-0.05, 0) is 41.5 Å². The van der Waals surface area contributed by atoms with E-state index in [1.165, 1.54) is 4.90 Å². The molecule has 1 N–H and O–H groups in total. The molecule has 0 bridgehead atoms. The van der Waals surface area contributed by atoms with Crippen LogP contribution in [0.25, 0.3) is 0 Å². The third-order valence-corrected chi connectivity index (χ3v) is 2.59. The van der Waals surface area contributed by atoms with E-state index in [0.717, 1.165) is 0 Å². The van der Waals surface area contributed by atoms with Gasteiger partial charge in [-0.3, -0.25) is 14.9 Å². The topological polar surface area (TPSA) is 94.2 Å². The summed E-state index contributed by atoms with van der Waals surface area (Å²) in [6.07, 6.45) is -2.11. The summed E-state index contributed by atoms with van der Waals surface area (Å²) < 4.78 is 15.2. The van der Waals surface area contributed by atoms with Crippen molar-refractivity contribution in [3.05, 3.63) is 0 Å². The van der Waals surface area contributed by atoms with E-state index in [2.05, 4.69) is 5.32 Å². The largest absolute Gasteiger partial charge is 0.510 e. The molecule has 1 fully saturated rings. The normalized spacial score (nSPS) is 19.3. The Hall–Kier alpha value is -1.83. The van der Waals surface area contributed by atoms with Gasteiger partial charge in [0.1, 0.15) is 17.7 Å². The molecule has 0 radical (unpaired) electrons. The molecule has 0 aromatic heterocycles. The standard InChI is InChI=1S/C15H26N2O6/c1-14(2,3)22-10(18)9-17-8-7-16-11(12(17)19)21-13(20)23-15(4,5)6/h11,16H,7-9H2,1-6H3/t11-/m1/s1. The summed E-state index contributed by atoms with van der Waals surface area (Å²) in [6.45, 7) is 10.9. The quantitative estimate of drug-likeness (QED) is 0.773. The van der Waals surface area contributed by atoms with Gasteiger partial charge in [0, 0.05) is 13.1 Å². The average Bonchev–Trinajstić information content (AvgIpc) is 2.29. The van der Waals surface area contributed by atoms with Crippen LogP contribution in [0.15, 0.2) is 0 Å². The van der Waals surface area contributed by atoms with E-state index in [1.54, 1.807) is 41.5 Å². The van der Waals surface area contributed by atoms with Crippen molar-refractivity contribution in [2.75, 3.05) is 19.6 Å². The Balaban J connectivity index is 2.58. The van der Waals surface area contributed by atoms with Crippen LogP contribution in [0.3, 0.4) is 0 Å². The van der Waals surface area contributed by atoms with E-state index in [-0.39, 0.29) is 6.54 Å². The maximum absolute atomic E-state index is 12.3. The lowest BCUT2D eigenvalue weighted by Gasteiger charge is -2.32. The van der Waals surface area contributed by atoms with E-state index in [9.17, 15) is 14.4 Å². The van der Waals surface area contributed by atoms with E-state index >= 15 is 0 Å². The van der Waals surface area contributed by atoms with Crippen molar-refractivity contribution in [3.8, 4) is 0 Å². The van der Waals surface area contributed by atoms with Crippen LogP contribution < -0.4 is 5.32 Å². The van der Waals surface area contributed by atoms with Gasteiger partial charge in [-0.2, -0.15) is 0 Å². The molecule has 1 heterocycles. The molecule has 0 unspecified atom stereocenters. The van der Waals surface area contributed by atoms with E-state index in [4.69, 9.17) is 14.2 Å². The number of hydrogen-bond acceptors (Lipinski definition) is 7. The second-order valence-electron chi connectivity index (χ2n) is 7.26. The monoisotopic (exact) mass is 330 g/mol. The van der Waals surface area contributed by atoms with Crippen molar-refractivity contribution in [3.63, 3.8) is 0 Å². The lowest BCUT2D eigenvalue weighted by Crippen LogP contribution is -2.58. The highest BCUT2D eigenvalue weighted by molar-refractivity contribution is 5.86. The first-order valence-electron chi connectivity index (χ1n) is 7.51. The van der Waals surface area contributed by atoms with Crippen LogP contribution in [0, 0.1) is 0 Å². The second-order valence-corrected chi connectivity index (χ2v) is 7.26. The Kier molecular flexibility index (Phi) is 5.98. The Morgan fingerprint density at radius 2 is 1.70 bits per heavy atom. The van der Waals surface area contributed by atoms with E-state index in [0.29, 0.717) is 13.1 Å². The highest BCUT2D eigenvalue weighted by Crippen LogP contribution is 2.12. The predicted molar refractivity (Wildman–Crippen MR) is 81.5 cm³/mol. The first-order chi connectivity index (χ1) is 10.4. The lowest BCUT2D eigenvalue weighted by molar-refractivity contribution is -0.163. The van der Waals surface area contributed by atoms with Gasteiger partial charge in [0.2, 0.25) is 6.23 Å².